The largest absolute Gasteiger partial charge is 0.355 e. The van der Waals surface area contributed by atoms with Crippen molar-refractivity contribution in [3.63, 3.8) is 0 Å². The first-order valence-electron chi connectivity index (χ1n) is 8.70. The maximum absolute atomic E-state index is 12.1. The van der Waals surface area contributed by atoms with Crippen molar-refractivity contribution in [1.29, 1.82) is 0 Å². The molecule has 2 aromatic heterocycles. The summed E-state index contributed by atoms with van der Waals surface area (Å²) in [4.78, 5) is 13.4. The molecular formula is C20H22N4OS2. The lowest BCUT2D eigenvalue weighted by Gasteiger charge is -2.07. The highest BCUT2D eigenvalue weighted by molar-refractivity contribution is 7.99. The van der Waals surface area contributed by atoms with E-state index >= 15 is 0 Å². The third kappa shape index (κ3) is 5.30. The van der Waals surface area contributed by atoms with Crippen molar-refractivity contribution in [2.75, 3.05) is 12.3 Å². The van der Waals surface area contributed by atoms with Gasteiger partial charge in [0.2, 0.25) is 5.91 Å². The normalized spacial score (nSPS) is 10.7. The second kappa shape index (κ2) is 9.53. The zero-order valence-corrected chi connectivity index (χ0v) is 16.9. The fourth-order valence-corrected chi connectivity index (χ4v) is 4.09. The first-order chi connectivity index (χ1) is 13.2. The Morgan fingerprint density at radius 3 is 2.85 bits per heavy atom. The summed E-state index contributed by atoms with van der Waals surface area (Å²) in [7, 11) is 0. The maximum Gasteiger partial charge on any atom is 0.230 e. The van der Waals surface area contributed by atoms with Gasteiger partial charge in [-0.2, -0.15) is 0 Å². The lowest BCUT2D eigenvalue weighted by Crippen LogP contribution is -2.27. The number of carbonyl (C=O) groups is 1. The number of carbonyl (C=O) groups excluding carboxylic acids is 1. The number of hydrogen-bond acceptors (Lipinski definition) is 5. The number of aromatic nitrogens is 3. The third-order valence-electron chi connectivity index (χ3n) is 3.93. The van der Waals surface area contributed by atoms with Crippen molar-refractivity contribution >= 4 is 29.0 Å². The van der Waals surface area contributed by atoms with Crippen LogP contribution in [-0.2, 0) is 17.8 Å². The Balaban J connectivity index is 1.56. The minimum atomic E-state index is -0.00277. The van der Waals surface area contributed by atoms with E-state index in [0.717, 1.165) is 23.0 Å². The number of thioether (sulfide) groups is 1. The van der Waals surface area contributed by atoms with Crippen LogP contribution >= 0.6 is 23.1 Å². The number of aryl methyl sites for hydroxylation is 1. The highest BCUT2D eigenvalue weighted by Crippen LogP contribution is 2.27. The van der Waals surface area contributed by atoms with Crippen LogP contribution in [0.5, 0.6) is 0 Å². The third-order valence-corrected chi connectivity index (χ3v) is 5.76. The fraction of sp³-hybridized carbons (Fsp3) is 0.250. The van der Waals surface area contributed by atoms with Crippen LogP contribution in [0.3, 0.4) is 0 Å². The summed E-state index contributed by atoms with van der Waals surface area (Å²) in [6.07, 6.45) is 2.64. The van der Waals surface area contributed by atoms with Gasteiger partial charge in [0.15, 0.2) is 11.0 Å². The van der Waals surface area contributed by atoms with Gasteiger partial charge >= 0.3 is 0 Å². The minimum Gasteiger partial charge on any atom is -0.355 e. The molecule has 0 fully saturated rings. The quantitative estimate of drug-likeness (QED) is 0.438. The summed E-state index contributed by atoms with van der Waals surface area (Å²) in [5.41, 5.74) is 2.26. The number of nitrogens with one attached hydrogen (secondary N) is 1. The highest BCUT2D eigenvalue weighted by atomic mass is 32.2. The van der Waals surface area contributed by atoms with Crippen molar-refractivity contribution in [1.82, 2.24) is 20.1 Å². The monoisotopic (exact) mass is 398 g/mol. The van der Waals surface area contributed by atoms with Crippen molar-refractivity contribution in [2.24, 2.45) is 0 Å². The lowest BCUT2D eigenvalue weighted by molar-refractivity contribution is -0.118. The molecule has 0 unspecified atom stereocenters. The molecule has 2 heterocycles. The Hall–Kier alpha value is -2.38. The second-order valence-electron chi connectivity index (χ2n) is 6.03. The van der Waals surface area contributed by atoms with Gasteiger partial charge in [-0.1, -0.05) is 48.2 Å². The number of amides is 1. The fourth-order valence-electron chi connectivity index (χ4n) is 2.64. The van der Waals surface area contributed by atoms with E-state index in [4.69, 9.17) is 0 Å². The van der Waals surface area contributed by atoms with Crippen LogP contribution in [0.15, 0.2) is 59.6 Å². The Morgan fingerprint density at radius 1 is 1.33 bits per heavy atom. The topological polar surface area (TPSA) is 59.8 Å². The molecule has 3 rings (SSSR count). The van der Waals surface area contributed by atoms with Gasteiger partial charge in [0.1, 0.15) is 0 Å². The average molecular weight is 399 g/mol. The highest BCUT2D eigenvalue weighted by Gasteiger charge is 2.15. The van der Waals surface area contributed by atoms with Crippen molar-refractivity contribution in [2.45, 2.75) is 25.0 Å². The van der Waals surface area contributed by atoms with Crippen molar-refractivity contribution in [3.8, 4) is 11.4 Å². The second-order valence-corrected chi connectivity index (χ2v) is 8.08. The van der Waals surface area contributed by atoms with E-state index in [9.17, 15) is 4.79 Å². The molecular weight excluding hydrogens is 376 g/mol. The first kappa shape index (κ1) is 19.4. The maximum atomic E-state index is 12.1. The Morgan fingerprint density at radius 2 is 2.15 bits per heavy atom. The van der Waals surface area contributed by atoms with Crippen LogP contribution in [-0.4, -0.2) is 33.0 Å². The predicted molar refractivity (Wildman–Crippen MR) is 112 cm³/mol. The standard InChI is InChI=1S/C20H22N4OS2/c1-3-11-24-19(17-12-15(2)26-13-17)22-23-20(24)27-14-18(25)21-10-9-16-7-5-4-6-8-16/h3-8,12-13H,1,9-11,14H2,2H3,(H,21,25). The van der Waals surface area contributed by atoms with Crippen LogP contribution in [0, 0.1) is 6.92 Å². The Labute approximate surface area is 167 Å². The Kier molecular flexibility index (Phi) is 6.84. The van der Waals surface area contributed by atoms with E-state index in [2.05, 4.69) is 52.6 Å². The van der Waals surface area contributed by atoms with E-state index in [0.29, 0.717) is 18.8 Å². The molecule has 0 radical (unpaired) electrons. The first-order valence-corrected chi connectivity index (χ1v) is 10.6. The van der Waals surface area contributed by atoms with Crippen molar-refractivity contribution < 1.29 is 4.79 Å². The van der Waals surface area contributed by atoms with E-state index in [-0.39, 0.29) is 5.91 Å². The summed E-state index contributed by atoms with van der Waals surface area (Å²) in [5.74, 6) is 1.12. The van der Waals surface area contributed by atoms with E-state index < -0.39 is 0 Å². The zero-order chi connectivity index (χ0) is 19.1. The number of rotatable bonds is 9. The van der Waals surface area contributed by atoms with Crippen LogP contribution in [0.2, 0.25) is 0 Å². The molecule has 0 aliphatic heterocycles. The lowest BCUT2D eigenvalue weighted by atomic mass is 10.1. The van der Waals surface area contributed by atoms with Gasteiger partial charge in [0, 0.05) is 28.9 Å². The number of allylic oxidation sites excluding steroid dienone is 1. The van der Waals surface area contributed by atoms with Crippen LogP contribution in [0.1, 0.15) is 10.4 Å². The molecule has 27 heavy (non-hydrogen) atoms. The molecule has 3 aromatic rings. The summed E-state index contributed by atoms with van der Waals surface area (Å²) in [6.45, 7) is 7.12. The molecule has 0 aliphatic carbocycles. The summed E-state index contributed by atoms with van der Waals surface area (Å²) in [5, 5.41) is 14.4. The molecule has 0 aliphatic rings. The Bertz CT molecular complexity index is 902. The number of hydrogen-bond donors (Lipinski definition) is 1. The summed E-state index contributed by atoms with van der Waals surface area (Å²) >= 11 is 3.08. The molecule has 0 saturated heterocycles. The van der Waals surface area contributed by atoms with Gasteiger partial charge in [-0.15, -0.1) is 28.1 Å². The molecule has 0 atom stereocenters. The zero-order valence-electron chi connectivity index (χ0n) is 15.2. The average Bonchev–Trinajstić information content (AvgIpc) is 3.27. The molecule has 5 nitrogen and oxygen atoms in total. The van der Waals surface area contributed by atoms with Crippen LogP contribution in [0.4, 0.5) is 0 Å². The van der Waals surface area contributed by atoms with Crippen LogP contribution < -0.4 is 5.32 Å². The summed E-state index contributed by atoms with van der Waals surface area (Å²) in [6, 6.07) is 12.2. The molecule has 7 heteroatoms. The molecule has 140 valence electrons. The van der Waals surface area contributed by atoms with Crippen LogP contribution in [0.25, 0.3) is 11.4 Å². The van der Waals surface area contributed by atoms with E-state index in [1.54, 1.807) is 11.3 Å². The minimum absolute atomic E-state index is 0.00277. The number of nitrogens with zero attached hydrogens (tertiary/aromatic N) is 3. The smallest absolute Gasteiger partial charge is 0.230 e. The van der Waals surface area contributed by atoms with Gasteiger partial charge in [-0.3, -0.25) is 9.36 Å². The molecule has 0 saturated carbocycles. The van der Waals surface area contributed by atoms with Gasteiger partial charge in [0.05, 0.1) is 5.75 Å². The van der Waals surface area contributed by atoms with Gasteiger partial charge in [-0.25, -0.2) is 0 Å². The van der Waals surface area contributed by atoms with E-state index in [1.165, 1.54) is 22.2 Å². The predicted octanol–water partition coefficient (Wildman–Crippen LogP) is 3.95. The molecule has 1 amide bonds. The van der Waals surface area contributed by atoms with Gasteiger partial charge in [0.25, 0.3) is 0 Å². The SMILES string of the molecule is C=CCn1c(SCC(=O)NCCc2ccccc2)nnc1-c1csc(C)c1. The van der Waals surface area contributed by atoms with E-state index in [1.807, 2.05) is 28.8 Å². The molecule has 1 aromatic carbocycles. The van der Waals surface area contributed by atoms with Crippen molar-refractivity contribution in [3.05, 3.63) is 64.9 Å². The number of thiophene rings is 1. The summed E-state index contributed by atoms with van der Waals surface area (Å²) < 4.78 is 2.00. The molecule has 0 spiro atoms. The molecule has 1 N–H and O–H groups in total. The molecule has 0 bridgehead atoms. The number of benzene rings is 1. The van der Waals surface area contributed by atoms with Gasteiger partial charge < -0.3 is 5.32 Å². The van der Waals surface area contributed by atoms with Gasteiger partial charge in [-0.05, 0) is 25.0 Å².